The van der Waals surface area contributed by atoms with Gasteiger partial charge in [-0.1, -0.05) is 6.92 Å². The molecule has 126 valence electrons. The molecule has 0 radical (unpaired) electrons. The first kappa shape index (κ1) is 17.4. The van der Waals surface area contributed by atoms with Gasteiger partial charge in [0.2, 0.25) is 5.91 Å². The van der Waals surface area contributed by atoms with Gasteiger partial charge in [-0.25, -0.2) is 9.18 Å². The highest BCUT2D eigenvalue weighted by Gasteiger charge is 2.13. The number of amides is 3. The van der Waals surface area contributed by atoms with Crippen LogP contribution in [0, 0.1) is 5.82 Å². The van der Waals surface area contributed by atoms with Crippen LogP contribution < -0.4 is 16.0 Å². The number of pyridine rings is 1. The van der Waals surface area contributed by atoms with Gasteiger partial charge in [0, 0.05) is 18.1 Å². The van der Waals surface area contributed by atoms with E-state index >= 15 is 0 Å². The summed E-state index contributed by atoms with van der Waals surface area (Å²) >= 11 is 0. The van der Waals surface area contributed by atoms with Crippen molar-refractivity contribution in [1.82, 2.24) is 15.6 Å². The highest BCUT2D eigenvalue weighted by atomic mass is 19.1. The summed E-state index contributed by atoms with van der Waals surface area (Å²) in [4.78, 5) is 27.6. The van der Waals surface area contributed by atoms with Gasteiger partial charge in [0.15, 0.2) is 0 Å². The summed E-state index contributed by atoms with van der Waals surface area (Å²) in [5.41, 5.74) is 1.41. The zero-order chi connectivity index (χ0) is 17.4. The van der Waals surface area contributed by atoms with Gasteiger partial charge in [-0.2, -0.15) is 0 Å². The van der Waals surface area contributed by atoms with Gasteiger partial charge in [0.25, 0.3) is 0 Å². The topological polar surface area (TPSA) is 83.1 Å². The van der Waals surface area contributed by atoms with Gasteiger partial charge in [-0.15, -0.1) is 0 Å². The lowest BCUT2D eigenvalue weighted by atomic mass is 10.1. The molecule has 0 aliphatic rings. The molecule has 0 saturated heterocycles. The SMILES string of the molecule is CC[C@@H](NC(=O)NCC(=O)Nc1ccc(F)cc1)c1ccncc1. The third-order valence-corrected chi connectivity index (χ3v) is 3.36. The van der Waals surface area contributed by atoms with Crippen molar-refractivity contribution in [2.75, 3.05) is 11.9 Å². The Labute approximate surface area is 139 Å². The van der Waals surface area contributed by atoms with E-state index < -0.39 is 11.9 Å². The first-order valence-corrected chi connectivity index (χ1v) is 7.58. The van der Waals surface area contributed by atoms with Crippen LogP contribution >= 0.6 is 0 Å². The van der Waals surface area contributed by atoms with Gasteiger partial charge < -0.3 is 16.0 Å². The Bertz CT molecular complexity index is 677. The van der Waals surface area contributed by atoms with E-state index in [0.29, 0.717) is 12.1 Å². The van der Waals surface area contributed by atoms with E-state index in [-0.39, 0.29) is 18.4 Å². The maximum Gasteiger partial charge on any atom is 0.315 e. The quantitative estimate of drug-likeness (QED) is 0.761. The van der Waals surface area contributed by atoms with Gasteiger partial charge in [-0.3, -0.25) is 9.78 Å². The van der Waals surface area contributed by atoms with Crippen LogP contribution in [0.1, 0.15) is 24.9 Å². The lowest BCUT2D eigenvalue weighted by Gasteiger charge is -2.17. The van der Waals surface area contributed by atoms with Crippen LogP contribution in [0.25, 0.3) is 0 Å². The smallest absolute Gasteiger partial charge is 0.315 e. The second kappa shape index (κ2) is 8.61. The fourth-order valence-electron chi connectivity index (χ4n) is 2.13. The Kier molecular flexibility index (Phi) is 6.24. The van der Waals surface area contributed by atoms with E-state index in [2.05, 4.69) is 20.9 Å². The summed E-state index contributed by atoms with van der Waals surface area (Å²) < 4.78 is 12.8. The van der Waals surface area contributed by atoms with Crippen molar-refractivity contribution in [3.8, 4) is 0 Å². The Morgan fingerprint density at radius 3 is 2.42 bits per heavy atom. The maximum absolute atomic E-state index is 12.8. The molecular weight excluding hydrogens is 311 g/mol. The largest absolute Gasteiger partial charge is 0.331 e. The second-order valence-electron chi connectivity index (χ2n) is 5.12. The molecule has 0 bridgehead atoms. The average Bonchev–Trinajstić information content (AvgIpc) is 2.60. The Balaban J connectivity index is 1.79. The molecule has 1 atom stereocenters. The number of nitrogens with one attached hydrogen (secondary N) is 3. The first-order valence-electron chi connectivity index (χ1n) is 7.58. The predicted molar refractivity (Wildman–Crippen MR) is 88.8 cm³/mol. The molecule has 3 N–H and O–H groups in total. The molecule has 24 heavy (non-hydrogen) atoms. The lowest BCUT2D eigenvalue weighted by Crippen LogP contribution is -2.41. The molecule has 1 aromatic heterocycles. The number of carbonyl (C=O) groups is 2. The predicted octanol–water partition coefficient (Wildman–Crippen LogP) is 2.61. The van der Waals surface area contributed by atoms with E-state index in [1.54, 1.807) is 12.4 Å². The van der Waals surface area contributed by atoms with Crippen molar-refractivity contribution in [2.24, 2.45) is 0 Å². The molecule has 0 unspecified atom stereocenters. The van der Waals surface area contributed by atoms with Crippen LogP contribution in [0.3, 0.4) is 0 Å². The van der Waals surface area contributed by atoms with Crippen LogP contribution in [-0.2, 0) is 4.79 Å². The summed E-state index contributed by atoms with van der Waals surface area (Å²) in [7, 11) is 0. The molecule has 0 saturated carbocycles. The first-order chi connectivity index (χ1) is 11.6. The Hall–Kier alpha value is -2.96. The number of urea groups is 1. The molecule has 7 heteroatoms. The summed E-state index contributed by atoms with van der Waals surface area (Å²) in [5, 5.41) is 7.87. The zero-order valence-corrected chi connectivity index (χ0v) is 13.3. The fraction of sp³-hybridized carbons (Fsp3) is 0.235. The third kappa shape index (κ3) is 5.35. The van der Waals surface area contributed by atoms with E-state index in [9.17, 15) is 14.0 Å². The van der Waals surface area contributed by atoms with Crippen molar-refractivity contribution < 1.29 is 14.0 Å². The third-order valence-electron chi connectivity index (χ3n) is 3.36. The molecule has 3 amide bonds. The van der Waals surface area contributed by atoms with E-state index in [1.807, 2.05) is 19.1 Å². The molecule has 0 aliphatic carbocycles. The Morgan fingerprint density at radius 1 is 1.12 bits per heavy atom. The molecule has 6 nitrogen and oxygen atoms in total. The number of aromatic nitrogens is 1. The zero-order valence-electron chi connectivity index (χ0n) is 13.3. The number of anilines is 1. The molecule has 2 rings (SSSR count). The Morgan fingerprint density at radius 2 is 1.79 bits per heavy atom. The van der Waals surface area contributed by atoms with Crippen LogP contribution in [-0.4, -0.2) is 23.5 Å². The highest BCUT2D eigenvalue weighted by Crippen LogP contribution is 2.14. The summed E-state index contributed by atoms with van der Waals surface area (Å²) in [6, 6.07) is 8.45. The van der Waals surface area contributed by atoms with Gasteiger partial charge >= 0.3 is 6.03 Å². The average molecular weight is 330 g/mol. The minimum atomic E-state index is -0.437. The summed E-state index contributed by atoms with van der Waals surface area (Å²) in [6.45, 7) is 1.77. The number of nitrogens with zero attached hydrogens (tertiary/aromatic N) is 1. The summed E-state index contributed by atoms with van der Waals surface area (Å²) in [5.74, 6) is -0.777. The normalized spacial score (nSPS) is 11.4. The van der Waals surface area contributed by atoms with Crippen LogP contribution in [0.2, 0.25) is 0 Å². The number of halogens is 1. The van der Waals surface area contributed by atoms with E-state index in [4.69, 9.17) is 0 Å². The number of rotatable bonds is 6. The van der Waals surface area contributed by atoms with Crippen molar-refractivity contribution in [3.05, 3.63) is 60.2 Å². The molecule has 2 aromatic rings. The van der Waals surface area contributed by atoms with Crippen LogP contribution in [0.4, 0.5) is 14.9 Å². The standard InChI is InChI=1S/C17H19FN4O2/c1-2-15(12-7-9-19-10-8-12)22-17(24)20-11-16(23)21-14-5-3-13(18)4-6-14/h3-10,15H,2,11H2,1H3,(H,21,23)(H2,20,22,24)/t15-/m1/s1. The van der Waals surface area contributed by atoms with E-state index in [0.717, 1.165) is 5.56 Å². The molecule has 0 aliphatic heterocycles. The molecule has 1 heterocycles. The lowest BCUT2D eigenvalue weighted by molar-refractivity contribution is -0.115. The van der Waals surface area contributed by atoms with Gasteiger partial charge in [-0.05, 0) is 48.4 Å². The van der Waals surface area contributed by atoms with Crippen LogP contribution in [0.5, 0.6) is 0 Å². The monoisotopic (exact) mass is 330 g/mol. The minimum absolute atomic E-state index is 0.159. The van der Waals surface area contributed by atoms with Crippen molar-refractivity contribution in [3.63, 3.8) is 0 Å². The van der Waals surface area contributed by atoms with Crippen molar-refractivity contribution in [2.45, 2.75) is 19.4 Å². The molecule has 0 spiro atoms. The van der Waals surface area contributed by atoms with Gasteiger partial charge in [0.1, 0.15) is 5.82 Å². The molecule has 1 aromatic carbocycles. The number of benzene rings is 1. The molecular formula is C17H19FN4O2. The summed E-state index contributed by atoms with van der Waals surface area (Å²) in [6.07, 6.45) is 4.03. The number of hydrogen-bond acceptors (Lipinski definition) is 3. The maximum atomic E-state index is 12.8. The van der Waals surface area contributed by atoms with Gasteiger partial charge in [0.05, 0.1) is 12.6 Å². The fourth-order valence-corrected chi connectivity index (χ4v) is 2.13. The van der Waals surface area contributed by atoms with Crippen molar-refractivity contribution in [1.29, 1.82) is 0 Å². The number of hydrogen-bond donors (Lipinski definition) is 3. The minimum Gasteiger partial charge on any atom is -0.331 e. The van der Waals surface area contributed by atoms with Crippen molar-refractivity contribution >= 4 is 17.6 Å². The number of carbonyl (C=O) groups excluding carboxylic acids is 2. The molecule has 0 fully saturated rings. The second-order valence-corrected chi connectivity index (χ2v) is 5.12. The van der Waals surface area contributed by atoms with E-state index in [1.165, 1.54) is 24.3 Å². The highest BCUT2D eigenvalue weighted by molar-refractivity contribution is 5.94. The van der Waals surface area contributed by atoms with Crippen LogP contribution in [0.15, 0.2) is 48.8 Å².